The molecule has 2 aromatic rings. The fourth-order valence-corrected chi connectivity index (χ4v) is 8.05. The summed E-state index contributed by atoms with van der Waals surface area (Å²) in [5, 5.41) is 8.13. The first-order valence-electron chi connectivity index (χ1n) is 17.6. The summed E-state index contributed by atoms with van der Waals surface area (Å²) in [6, 6.07) is 10.4. The monoisotopic (exact) mass is 674 g/mol. The Labute approximate surface area is 280 Å². The summed E-state index contributed by atoms with van der Waals surface area (Å²) in [4.78, 5) is 46.6. The number of alkyl halides is 3. The van der Waals surface area contributed by atoms with Crippen LogP contribution in [0.5, 0.6) is 0 Å². The molecule has 0 radical (unpaired) electrons. The Balaban J connectivity index is 0.000000582. The second kappa shape index (κ2) is 15.9. The highest BCUT2D eigenvalue weighted by Gasteiger charge is 2.50. The van der Waals surface area contributed by atoms with Gasteiger partial charge in [0.25, 0.3) is 5.91 Å². The number of aromatic nitrogens is 1. The zero-order valence-corrected chi connectivity index (χ0v) is 27.9. The SMILES string of the molecule is CCCCC1CN(CC2CCCCC2)C(=O)OC12CCN(C1CCN(C(=O)c3cnc4ccccc4c3)CC1)CC2.O=C(O)C(F)(F)F. The van der Waals surface area contributed by atoms with Gasteiger partial charge in [-0.05, 0) is 50.2 Å². The van der Waals surface area contributed by atoms with Crippen LogP contribution in [0, 0.1) is 11.8 Å². The minimum absolute atomic E-state index is 0.0632. The number of piperidine rings is 2. The van der Waals surface area contributed by atoms with E-state index in [2.05, 4.69) is 21.7 Å². The number of likely N-dealkylation sites (tertiary alicyclic amines) is 2. The molecule has 1 aromatic carbocycles. The molecule has 1 aliphatic carbocycles. The van der Waals surface area contributed by atoms with Crippen molar-refractivity contribution in [3.63, 3.8) is 0 Å². The minimum atomic E-state index is -5.08. The summed E-state index contributed by atoms with van der Waals surface area (Å²) in [6.07, 6.45) is 10.4. The molecular formula is C36H49F3N4O5. The second-order valence-corrected chi connectivity index (χ2v) is 14.0. The van der Waals surface area contributed by atoms with Crippen molar-refractivity contribution in [3.05, 3.63) is 42.1 Å². The molecule has 1 aromatic heterocycles. The number of pyridine rings is 1. The van der Waals surface area contributed by atoms with Crippen LogP contribution in [0.1, 0.15) is 94.3 Å². The van der Waals surface area contributed by atoms with E-state index in [0.717, 1.165) is 82.3 Å². The number of fused-ring (bicyclic) bond motifs is 1. The number of carbonyl (C=O) groups excluding carboxylic acids is 2. The zero-order chi connectivity index (χ0) is 34.3. The molecule has 1 saturated carbocycles. The van der Waals surface area contributed by atoms with E-state index in [9.17, 15) is 22.8 Å². The summed E-state index contributed by atoms with van der Waals surface area (Å²) < 4.78 is 38.2. The van der Waals surface area contributed by atoms with Crippen LogP contribution in [0.25, 0.3) is 10.9 Å². The minimum Gasteiger partial charge on any atom is -0.475 e. The highest BCUT2D eigenvalue weighted by atomic mass is 19.4. The van der Waals surface area contributed by atoms with Gasteiger partial charge in [0.05, 0.1) is 11.1 Å². The van der Waals surface area contributed by atoms with Crippen LogP contribution in [-0.2, 0) is 9.53 Å². The van der Waals surface area contributed by atoms with Gasteiger partial charge in [0, 0.05) is 75.7 Å². The lowest BCUT2D eigenvalue weighted by molar-refractivity contribution is -0.192. The van der Waals surface area contributed by atoms with Crippen LogP contribution in [0.15, 0.2) is 36.5 Å². The molecule has 1 N–H and O–H groups in total. The van der Waals surface area contributed by atoms with Crippen LogP contribution in [0.4, 0.5) is 18.0 Å². The molecular weight excluding hydrogens is 625 g/mol. The number of hydrogen-bond acceptors (Lipinski definition) is 6. The third-order valence-corrected chi connectivity index (χ3v) is 10.8. The molecule has 4 fully saturated rings. The number of unbranched alkanes of at least 4 members (excludes halogenated alkanes) is 1. The van der Waals surface area contributed by atoms with E-state index in [1.807, 2.05) is 35.2 Å². The number of carbonyl (C=O) groups is 3. The standard InChI is InChI=1S/C34H48N4O3.C2HF3O2/c1-2-3-12-29-25-38(24-26-9-5-4-6-10-26)33(40)41-34(29)16-20-36(21-17-34)30-14-18-37(19-15-30)32(39)28-22-27-11-7-8-13-31(27)35-23-28;3-2(4,5)1(6)7/h7-8,11,13,22-23,26,29-30H,2-6,9-10,12,14-21,24-25H2,1H3;(H,6,7). The molecule has 264 valence electrons. The number of ether oxygens (including phenoxy) is 1. The molecule has 1 atom stereocenters. The van der Waals surface area contributed by atoms with E-state index in [1.54, 1.807) is 6.20 Å². The van der Waals surface area contributed by atoms with Crippen LogP contribution in [-0.4, -0.2) is 99.8 Å². The highest BCUT2D eigenvalue weighted by molar-refractivity contribution is 5.97. The summed E-state index contributed by atoms with van der Waals surface area (Å²) >= 11 is 0. The van der Waals surface area contributed by atoms with Crippen molar-refractivity contribution in [2.45, 2.75) is 102 Å². The van der Waals surface area contributed by atoms with E-state index >= 15 is 0 Å². The average molecular weight is 675 g/mol. The number of nitrogens with zero attached hydrogens (tertiary/aromatic N) is 4. The number of hydrogen-bond donors (Lipinski definition) is 1. The van der Waals surface area contributed by atoms with Gasteiger partial charge < -0.3 is 19.6 Å². The third-order valence-electron chi connectivity index (χ3n) is 10.8. The van der Waals surface area contributed by atoms with Crippen molar-refractivity contribution >= 4 is 28.9 Å². The number of benzene rings is 1. The molecule has 9 nitrogen and oxygen atoms in total. The Morgan fingerprint density at radius 1 is 1.02 bits per heavy atom. The Morgan fingerprint density at radius 2 is 1.69 bits per heavy atom. The molecule has 1 unspecified atom stereocenters. The molecule has 0 bridgehead atoms. The fourth-order valence-electron chi connectivity index (χ4n) is 8.05. The number of halogens is 3. The molecule has 4 aliphatic rings. The Kier molecular flexibility index (Phi) is 11.9. The van der Waals surface area contributed by atoms with Crippen LogP contribution in [0.3, 0.4) is 0 Å². The van der Waals surface area contributed by atoms with E-state index in [4.69, 9.17) is 14.6 Å². The lowest BCUT2D eigenvalue weighted by Crippen LogP contribution is -2.61. The molecule has 6 rings (SSSR count). The molecule has 1 spiro atoms. The molecule has 3 aliphatic heterocycles. The first-order valence-corrected chi connectivity index (χ1v) is 17.6. The Bertz CT molecular complexity index is 1400. The van der Waals surface area contributed by atoms with Gasteiger partial charge in [0.15, 0.2) is 0 Å². The lowest BCUT2D eigenvalue weighted by Gasteiger charge is -2.52. The van der Waals surface area contributed by atoms with Gasteiger partial charge in [-0.25, -0.2) is 9.59 Å². The smallest absolute Gasteiger partial charge is 0.475 e. The Hall–Kier alpha value is -3.41. The number of para-hydroxylation sites is 1. The second-order valence-electron chi connectivity index (χ2n) is 14.0. The fraction of sp³-hybridized carbons (Fsp3) is 0.667. The van der Waals surface area contributed by atoms with Crippen molar-refractivity contribution in [2.24, 2.45) is 11.8 Å². The molecule has 48 heavy (non-hydrogen) atoms. The normalized spacial score (nSPS) is 22.7. The van der Waals surface area contributed by atoms with Crippen molar-refractivity contribution in [1.82, 2.24) is 19.7 Å². The third kappa shape index (κ3) is 8.78. The molecule has 12 heteroatoms. The predicted molar refractivity (Wildman–Crippen MR) is 176 cm³/mol. The van der Waals surface area contributed by atoms with Gasteiger partial charge in [0.1, 0.15) is 5.60 Å². The van der Waals surface area contributed by atoms with Crippen LogP contribution in [0.2, 0.25) is 0 Å². The highest BCUT2D eigenvalue weighted by Crippen LogP contribution is 2.42. The van der Waals surface area contributed by atoms with Crippen molar-refractivity contribution in [2.75, 3.05) is 39.3 Å². The summed E-state index contributed by atoms with van der Waals surface area (Å²) in [6.45, 7) is 7.54. The van der Waals surface area contributed by atoms with E-state index in [0.29, 0.717) is 23.4 Å². The summed E-state index contributed by atoms with van der Waals surface area (Å²) in [5.74, 6) is -1.59. The van der Waals surface area contributed by atoms with Crippen molar-refractivity contribution in [1.29, 1.82) is 0 Å². The van der Waals surface area contributed by atoms with E-state index in [1.165, 1.54) is 44.9 Å². The summed E-state index contributed by atoms with van der Waals surface area (Å²) in [5.41, 5.74) is 1.30. The average Bonchev–Trinajstić information content (AvgIpc) is 3.09. The van der Waals surface area contributed by atoms with Crippen molar-refractivity contribution in [3.8, 4) is 0 Å². The largest absolute Gasteiger partial charge is 0.490 e. The number of amides is 2. The molecule has 2 amide bonds. The van der Waals surface area contributed by atoms with E-state index < -0.39 is 12.1 Å². The first kappa shape index (κ1) is 35.9. The maximum absolute atomic E-state index is 13.3. The maximum Gasteiger partial charge on any atom is 0.490 e. The van der Waals surface area contributed by atoms with Gasteiger partial charge >= 0.3 is 18.2 Å². The Morgan fingerprint density at radius 3 is 2.33 bits per heavy atom. The van der Waals surface area contributed by atoms with Gasteiger partial charge in [-0.3, -0.25) is 14.7 Å². The number of aliphatic carboxylic acids is 1. The van der Waals surface area contributed by atoms with Gasteiger partial charge in [-0.1, -0.05) is 57.2 Å². The quantitative estimate of drug-likeness (QED) is 0.333. The predicted octanol–water partition coefficient (Wildman–Crippen LogP) is 7.15. The first-order chi connectivity index (χ1) is 23.0. The maximum atomic E-state index is 13.3. The zero-order valence-electron chi connectivity index (χ0n) is 27.9. The van der Waals surface area contributed by atoms with Crippen LogP contribution >= 0.6 is 0 Å². The van der Waals surface area contributed by atoms with Crippen LogP contribution < -0.4 is 0 Å². The topological polar surface area (TPSA) is 103 Å². The number of carboxylic acid groups (broad SMARTS) is 1. The lowest BCUT2D eigenvalue weighted by atomic mass is 9.75. The number of carboxylic acids is 1. The van der Waals surface area contributed by atoms with Gasteiger partial charge in [-0.15, -0.1) is 0 Å². The molecule has 3 saturated heterocycles. The van der Waals surface area contributed by atoms with E-state index in [-0.39, 0.29) is 17.6 Å². The van der Waals surface area contributed by atoms with Gasteiger partial charge in [-0.2, -0.15) is 13.2 Å². The van der Waals surface area contributed by atoms with Gasteiger partial charge in [0.2, 0.25) is 0 Å². The molecule has 4 heterocycles. The number of rotatable bonds is 7. The van der Waals surface area contributed by atoms with Crippen molar-refractivity contribution < 1.29 is 37.4 Å². The summed E-state index contributed by atoms with van der Waals surface area (Å²) in [7, 11) is 0.